The number of hydrogen-bond acceptors (Lipinski definition) is 2. The van der Waals surface area contributed by atoms with Gasteiger partial charge < -0.3 is 4.84 Å². The maximum Gasteiger partial charge on any atom is 0.0719 e. The molecule has 0 fully saturated rings. The lowest BCUT2D eigenvalue weighted by Crippen LogP contribution is -2.03. The molecule has 2 N–H and O–H groups in total. The zero-order valence-electron chi connectivity index (χ0n) is 6.19. The Hall–Kier alpha value is -0.570. The van der Waals surface area contributed by atoms with E-state index in [1.54, 1.807) is 0 Å². The van der Waals surface area contributed by atoms with Crippen LogP contribution >= 0.6 is 12.4 Å². The van der Waals surface area contributed by atoms with Gasteiger partial charge in [0, 0.05) is 0 Å². The summed E-state index contributed by atoms with van der Waals surface area (Å²) in [4.78, 5) is 4.45. The maximum absolute atomic E-state index is 4.88. The molecule has 0 amide bonds. The quantitative estimate of drug-likeness (QED) is 0.704. The van der Waals surface area contributed by atoms with Crippen LogP contribution in [0.3, 0.4) is 0 Å². The molecule has 0 atom stereocenters. The summed E-state index contributed by atoms with van der Waals surface area (Å²) in [6.07, 6.45) is 0.886. The summed E-state index contributed by atoms with van der Waals surface area (Å²) < 4.78 is 0. The largest absolute Gasteiger partial charge is 0.304 e. The summed E-state index contributed by atoms with van der Waals surface area (Å²) in [5.41, 5.74) is 1.26. The van der Waals surface area contributed by atoms with Crippen molar-refractivity contribution in [1.82, 2.24) is 0 Å². The van der Waals surface area contributed by atoms with Crippen molar-refractivity contribution in [2.24, 2.45) is 5.90 Å². The average Bonchev–Trinajstić information content (AvgIpc) is 2.03. The zero-order valence-corrected chi connectivity index (χ0v) is 7.01. The molecule has 62 valence electrons. The molecular formula is C8H12ClNO. The standard InChI is InChI=1S/C8H11NO.ClH/c9-10-7-6-8-4-2-1-3-5-8;/h1-5H,6-7,9H2;1H. The number of halogens is 1. The lowest BCUT2D eigenvalue weighted by atomic mass is 10.2. The molecule has 0 radical (unpaired) electrons. The summed E-state index contributed by atoms with van der Waals surface area (Å²) in [5, 5.41) is 0. The van der Waals surface area contributed by atoms with E-state index < -0.39 is 0 Å². The van der Waals surface area contributed by atoms with Crippen LogP contribution in [0.25, 0.3) is 0 Å². The van der Waals surface area contributed by atoms with Crippen molar-refractivity contribution < 1.29 is 4.84 Å². The van der Waals surface area contributed by atoms with E-state index >= 15 is 0 Å². The van der Waals surface area contributed by atoms with Crippen LogP contribution in [0.1, 0.15) is 5.56 Å². The highest BCUT2D eigenvalue weighted by atomic mass is 35.5. The third-order valence-corrected chi connectivity index (χ3v) is 1.35. The molecule has 3 heteroatoms. The molecule has 1 aromatic carbocycles. The molecule has 0 aliphatic rings. The van der Waals surface area contributed by atoms with Crippen LogP contribution in [0.5, 0.6) is 0 Å². The van der Waals surface area contributed by atoms with Crippen LogP contribution in [0.4, 0.5) is 0 Å². The normalized spacial score (nSPS) is 8.82. The van der Waals surface area contributed by atoms with Crippen LogP contribution in [0.2, 0.25) is 0 Å². The van der Waals surface area contributed by atoms with Gasteiger partial charge in [0.1, 0.15) is 0 Å². The number of rotatable bonds is 3. The van der Waals surface area contributed by atoms with E-state index in [0.29, 0.717) is 6.61 Å². The fourth-order valence-electron chi connectivity index (χ4n) is 0.821. The molecule has 0 heterocycles. The van der Waals surface area contributed by atoms with E-state index in [1.807, 2.05) is 18.2 Å². The first-order chi connectivity index (χ1) is 4.93. The van der Waals surface area contributed by atoms with Crippen LogP contribution in [0.15, 0.2) is 30.3 Å². The Labute approximate surface area is 72.7 Å². The average molecular weight is 174 g/mol. The van der Waals surface area contributed by atoms with Gasteiger partial charge in [-0.15, -0.1) is 12.4 Å². The molecule has 0 saturated heterocycles. The first-order valence-corrected chi connectivity index (χ1v) is 3.29. The van der Waals surface area contributed by atoms with E-state index in [1.165, 1.54) is 5.56 Å². The highest BCUT2D eigenvalue weighted by Crippen LogP contribution is 1.98. The van der Waals surface area contributed by atoms with Gasteiger partial charge in [0.2, 0.25) is 0 Å². The van der Waals surface area contributed by atoms with Crippen LogP contribution < -0.4 is 5.90 Å². The minimum Gasteiger partial charge on any atom is -0.304 e. The molecule has 0 spiro atoms. The molecule has 0 saturated carbocycles. The number of nitrogens with two attached hydrogens (primary N) is 1. The summed E-state index contributed by atoms with van der Waals surface area (Å²) in [6, 6.07) is 10.1. The van der Waals surface area contributed by atoms with Gasteiger partial charge in [-0.1, -0.05) is 30.3 Å². The van der Waals surface area contributed by atoms with Crippen molar-refractivity contribution in [1.29, 1.82) is 0 Å². The van der Waals surface area contributed by atoms with Crippen molar-refractivity contribution in [2.75, 3.05) is 6.61 Å². The third kappa shape index (κ3) is 3.98. The summed E-state index contributed by atoms with van der Waals surface area (Å²) >= 11 is 0. The van der Waals surface area contributed by atoms with Crippen molar-refractivity contribution in [3.63, 3.8) is 0 Å². The van der Waals surface area contributed by atoms with E-state index in [9.17, 15) is 0 Å². The first-order valence-electron chi connectivity index (χ1n) is 3.29. The Morgan fingerprint density at radius 3 is 2.36 bits per heavy atom. The van der Waals surface area contributed by atoms with E-state index in [0.717, 1.165) is 6.42 Å². The van der Waals surface area contributed by atoms with Gasteiger partial charge in [0.05, 0.1) is 6.61 Å². The fourth-order valence-corrected chi connectivity index (χ4v) is 0.821. The second-order valence-electron chi connectivity index (χ2n) is 2.11. The smallest absolute Gasteiger partial charge is 0.0719 e. The Kier molecular flexibility index (Phi) is 5.84. The minimum absolute atomic E-state index is 0. The van der Waals surface area contributed by atoms with Gasteiger partial charge in [-0.25, -0.2) is 5.90 Å². The van der Waals surface area contributed by atoms with Crippen molar-refractivity contribution >= 4 is 12.4 Å². The van der Waals surface area contributed by atoms with E-state index in [2.05, 4.69) is 17.0 Å². The zero-order chi connectivity index (χ0) is 7.23. The monoisotopic (exact) mass is 173 g/mol. The minimum atomic E-state index is 0. The molecule has 0 unspecified atom stereocenters. The number of benzene rings is 1. The van der Waals surface area contributed by atoms with Gasteiger partial charge in [-0.3, -0.25) is 0 Å². The molecular weight excluding hydrogens is 162 g/mol. The molecule has 2 nitrogen and oxygen atoms in total. The van der Waals surface area contributed by atoms with Crippen LogP contribution in [-0.4, -0.2) is 6.61 Å². The van der Waals surface area contributed by atoms with E-state index in [4.69, 9.17) is 5.90 Å². The summed E-state index contributed by atoms with van der Waals surface area (Å²) in [6.45, 7) is 0.587. The predicted octanol–water partition coefficient (Wildman–Crippen LogP) is 1.54. The van der Waals surface area contributed by atoms with Crippen LogP contribution in [-0.2, 0) is 11.3 Å². The molecule has 0 bridgehead atoms. The Morgan fingerprint density at radius 1 is 1.18 bits per heavy atom. The van der Waals surface area contributed by atoms with Crippen molar-refractivity contribution in [3.05, 3.63) is 35.9 Å². The van der Waals surface area contributed by atoms with Crippen molar-refractivity contribution in [3.8, 4) is 0 Å². The van der Waals surface area contributed by atoms with Gasteiger partial charge in [0.25, 0.3) is 0 Å². The lowest BCUT2D eigenvalue weighted by molar-refractivity contribution is 0.141. The molecule has 0 aliphatic carbocycles. The van der Waals surface area contributed by atoms with E-state index in [-0.39, 0.29) is 12.4 Å². The fraction of sp³-hybridized carbons (Fsp3) is 0.250. The van der Waals surface area contributed by atoms with Gasteiger partial charge in [-0.2, -0.15) is 0 Å². The molecule has 0 aliphatic heterocycles. The highest BCUT2D eigenvalue weighted by molar-refractivity contribution is 5.85. The Morgan fingerprint density at radius 2 is 1.82 bits per heavy atom. The molecule has 11 heavy (non-hydrogen) atoms. The molecule has 1 aromatic rings. The van der Waals surface area contributed by atoms with Gasteiger partial charge in [0.15, 0.2) is 0 Å². The second kappa shape index (κ2) is 6.16. The second-order valence-corrected chi connectivity index (χ2v) is 2.11. The molecule has 1 rings (SSSR count). The van der Waals surface area contributed by atoms with Gasteiger partial charge >= 0.3 is 0 Å². The topological polar surface area (TPSA) is 35.2 Å². The highest BCUT2D eigenvalue weighted by Gasteiger charge is 1.88. The summed E-state index contributed by atoms with van der Waals surface area (Å²) in [7, 11) is 0. The van der Waals surface area contributed by atoms with Gasteiger partial charge in [-0.05, 0) is 12.0 Å². The number of hydrogen-bond donors (Lipinski definition) is 1. The van der Waals surface area contributed by atoms with Crippen LogP contribution in [0, 0.1) is 0 Å². The molecule has 0 aromatic heterocycles. The van der Waals surface area contributed by atoms with Crippen molar-refractivity contribution in [2.45, 2.75) is 6.42 Å². The summed E-state index contributed by atoms with van der Waals surface area (Å²) in [5.74, 6) is 4.88. The SMILES string of the molecule is Cl.NOCCc1ccccc1. The third-order valence-electron chi connectivity index (χ3n) is 1.35. The predicted molar refractivity (Wildman–Crippen MR) is 47.5 cm³/mol. The maximum atomic E-state index is 4.88. The first kappa shape index (κ1) is 10.4. The Balaban J connectivity index is 0.000001000. The Bertz CT molecular complexity index is 179. The lowest BCUT2D eigenvalue weighted by Gasteiger charge is -1.96.